The Bertz CT molecular complexity index is 825. The average Bonchev–Trinajstić information content (AvgIpc) is 3.04. The number of aromatic nitrogens is 1. The van der Waals surface area contributed by atoms with Gasteiger partial charge in [-0.05, 0) is 42.7 Å². The molecule has 3 nitrogen and oxygen atoms in total. The predicted molar refractivity (Wildman–Crippen MR) is 92.0 cm³/mol. The molecule has 0 saturated carbocycles. The topological polar surface area (TPSA) is 29.3 Å². The lowest BCUT2D eigenvalue weighted by Gasteiger charge is -2.37. The summed E-state index contributed by atoms with van der Waals surface area (Å²) < 4.78 is 5.25. The van der Waals surface area contributed by atoms with Crippen molar-refractivity contribution in [2.24, 2.45) is 0 Å². The fourth-order valence-corrected chi connectivity index (χ4v) is 3.45. The Balaban J connectivity index is 1.85. The zero-order valence-corrected chi connectivity index (χ0v) is 13.6. The molecule has 0 aliphatic carbocycles. The Morgan fingerprint density at radius 3 is 2.70 bits per heavy atom. The van der Waals surface area contributed by atoms with Gasteiger partial charge in [-0.3, -0.25) is 0 Å². The number of halogens is 1. The fourth-order valence-electron chi connectivity index (χ4n) is 3.32. The van der Waals surface area contributed by atoms with E-state index in [4.69, 9.17) is 16.1 Å². The van der Waals surface area contributed by atoms with E-state index in [1.165, 1.54) is 22.4 Å². The van der Waals surface area contributed by atoms with Crippen LogP contribution >= 0.6 is 11.6 Å². The van der Waals surface area contributed by atoms with Crippen LogP contribution in [0.5, 0.6) is 0 Å². The molecule has 1 aromatic heterocycles. The number of nitrogens with zero attached hydrogens (tertiary/aromatic N) is 2. The molecule has 0 amide bonds. The molecule has 0 radical (unpaired) electrons. The summed E-state index contributed by atoms with van der Waals surface area (Å²) in [4.78, 5) is 2.41. The van der Waals surface area contributed by atoms with Gasteiger partial charge in [-0.15, -0.1) is 0 Å². The first kappa shape index (κ1) is 14.3. The maximum absolute atomic E-state index is 6.06. The van der Waals surface area contributed by atoms with Gasteiger partial charge in [0.05, 0.1) is 0 Å². The molecule has 1 atom stereocenters. The monoisotopic (exact) mass is 324 g/mol. The van der Waals surface area contributed by atoms with Crippen molar-refractivity contribution in [1.29, 1.82) is 0 Å². The third kappa shape index (κ3) is 2.51. The molecule has 0 spiro atoms. The van der Waals surface area contributed by atoms with Crippen molar-refractivity contribution in [3.63, 3.8) is 0 Å². The van der Waals surface area contributed by atoms with Crippen molar-refractivity contribution in [2.45, 2.75) is 19.4 Å². The molecular weight excluding hydrogens is 308 g/mol. The Morgan fingerprint density at radius 2 is 1.91 bits per heavy atom. The van der Waals surface area contributed by atoms with Gasteiger partial charge < -0.3 is 9.42 Å². The van der Waals surface area contributed by atoms with Crippen LogP contribution in [0.3, 0.4) is 0 Å². The van der Waals surface area contributed by atoms with Crippen LogP contribution in [0.2, 0.25) is 5.02 Å². The first-order valence-electron chi connectivity index (χ1n) is 7.75. The lowest BCUT2D eigenvalue weighted by molar-refractivity contribution is 0.408. The molecule has 4 heteroatoms. The second kappa shape index (κ2) is 5.74. The van der Waals surface area contributed by atoms with E-state index in [-0.39, 0.29) is 6.04 Å². The summed E-state index contributed by atoms with van der Waals surface area (Å²) in [5, 5.41) is 5.04. The summed E-state index contributed by atoms with van der Waals surface area (Å²) in [6.07, 6.45) is 2.71. The molecule has 1 unspecified atom stereocenters. The highest BCUT2D eigenvalue weighted by molar-refractivity contribution is 6.30. The maximum Gasteiger partial charge on any atom is 0.127 e. The van der Waals surface area contributed by atoms with Crippen LogP contribution in [0.25, 0.3) is 0 Å². The number of anilines is 1. The van der Waals surface area contributed by atoms with Gasteiger partial charge in [-0.25, -0.2) is 0 Å². The van der Waals surface area contributed by atoms with Crippen molar-refractivity contribution >= 4 is 17.3 Å². The van der Waals surface area contributed by atoms with Crippen LogP contribution in [-0.4, -0.2) is 11.7 Å². The van der Waals surface area contributed by atoms with E-state index in [1.807, 2.05) is 12.1 Å². The third-order valence-corrected chi connectivity index (χ3v) is 4.73. The van der Waals surface area contributed by atoms with Gasteiger partial charge >= 0.3 is 0 Å². The highest BCUT2D eigenvalue weighted by Crippen LogP contribution is 2.38. The maximum atomic E-state index is 6.06. The standard InChI is InChI=1S/C19H17ClN2O/c1-13-4-2-3-5-17(13)22-11-10-15-12-23-21-18(15)19(22)14-6-8-16(20)9-7-14/h2-9,12,19H,10-11H2,1H3. The van der Waals surface area contributed by atoms with E-state index < -0.39 is 0 Å². The lowest BCUT2D eigenvalue weighted by Crippen LogP contribution is -2.36. The van der Waals surface area contributed by atoms with E-state index in [9.17, 15) is 0 Å². The molecule has 0 fully saturated rings. The Morgan fingerprint density at radius 1 is 1.13 bits per heavy atom. The van der Waals surface area contributed by atoms with Crippen molar-refractivity contribution in [3.05, 3.63) is 82.2 Å². The zero-order valence-electron chi connectivity index (χ0n) is 12.9. The fraction of sp³-hybridized carbons (Fsp3) is 0.211. The Labute approximate surface area is 140 Å². The number of hydrogen-bond acceptors (Lipinski definition) is 3. The molecule has 0 N–H and O–H groups in total. The highest BCUT2D eigenvalue weighted by atomic mass is 35.5. The SMILES string of the molecule is Cc1ccccc1N1CCc2conc2C1c1ccc(Cl)cc1. The van der Waals surface area contributed by atoms with E-state index in [0.717, 1.165) is 23.7 Å². The van der Waals surface area contributed by atoms with Crippen LogP contribution in [0.15, 0.2) is 59.3 Å². The molecular formula is C19H17ClN2O. The minimum Gasteiger partial charge on any atom is -0.364 e. The van der Waals surface area contributed by atoms with Crippen LogP contribution < -0.4 is 4.90 Å². The Hall–Kier alpha value is -2.26. The molecule has 1 aliphatic rings. The lowest BCUT2D eigenvalue weighted by atomic mass is 9.93. The molecule has 0 bridgehead atoms. The highest BCUT2D eigenvalue weighted by Gasteiger charge is 2.32. The van der Waals surface area contributed by atoms with Crippen LogP contribution in [0.4, 0.5) is 5.69 Å². The second-order valence-electron chi connectivity index (χ2n) is 5.91. The number of aryl methyl sites for hydroxylation is 1. The normalized spacial score (nSPS) is 17.1. The quantitative estimate of drug-likeness (QED) is 0.678. The first-order valence-corrected chi connectivity index (χ1v) is 8.13. The van der Waals surface area contributed by atoms with Gasteiger partial charge in [0.2, 0.25) is 0 Å². The van der Waals surface area contributed by atoms with E-state index >= 15 is 0 Å². The number of rotatable bonds is 2. The van der Waals surface area contributed by atoms with Gasteiger partial charge in [0, 0.05) is 22.8 Å². The largest absolute Gasteiger partial charge is 0.364 e. The van der Waals surface area contributed by atoms with Crippen LogP contribution in [0, 0.1) is 6.92 Å². The van der Waals surface area contributed by atoms with Crippen LogP contribution in [0.1, 0.15) is 28.4 Å². The molecule has 2 aromatic carbocycles. The van der Waals surface area contributed by atoms with E-state index in [1.54, 1.807) is 6.26 Å². The minimum absolute atomic E-state index is 0.0517. The molecule has 0 saturated heterocycles. The van der Waals surface area contributed by atoms with Crippen LogP contribution in [-0.2, 0) is 6.42 Å². The number of fused-ring (bicyclic) bond motifs is 1. The summed E-state index contributed by atoms with van der Waals surface area (Å²) >= 11 is 6.06. The number of benzene rings is 2. The summed E-state index contributed by atoms with van der Waals surface area (Å²) in [5.74, 6) is 0. The predicted octanol–water partition coefficient (Wildman–Crippen LogP) is 4.79. The first-order chi connectivity index (χ1) is 11.2. The average molecular weight is 325 g/mol. The van der Waals surface area contributed by atoms with Crippen molar-refractivity contribution in [1.82, 2.24) is 5.16 Å². The van der Waals surface area contributed by atoms with Gasteiger partial charge in [0.25, 0.3) is 0 Å². The summed E-state index contributed by atoms with van der Waals surface area (Å²) in [6.45, 7) is 3.08. The summed E-state index contributed by atoms with van der Waals surface area (Å²) in [5.41, 5.74) is 5.86. The van der Waals surface area contributed by atoms with Crippen molar-refractivity contribution < 1.29 is 4.52 Å². The molecule has 4 rings (SSSR count). The number of para-hydroxylation sites is 1. The summed E-state index contributed by atoms with van der Waals surface area (Å²) in [7, 11) is 0. The molecule has 3 aromatic rings. The van der Waals surface area contributed by atoms with E-state index in [2.05, 4.69) is 53.4 Å². The van der Waals surface area contributed by atoms with Gasteiger partial charge in [-0.2, -0.15) is 0 Å². The van der Waals surface area contributed by atoms with E-state index in [0.29, 0.717) is 0 Å². The Kier molecular flexibility index (Phi) is 3.58. The van der Waals surface area contributed by atoms with Crippen molar-refractivity contribution in [3.8, 4) is 0 Å². The smallest absolute Gasteiger partial charge is 0.127 e. The molecule has 116 valence electrons. The molecule has 1 aliphatic heterocycles. The number of hydrogen-bond donors (Lipinski definition) is 0. The van der Waals surface area contributed by atoms with Gasteiger partial charge in [-0.1, -0.05) is 47.1 Å². The molecule has 2 heterocycles. The van der Waals surface area contributed by atoms with Gasteiger partial charge in [0.1, 0.15) is 18.0 Å². The van der Waals surface area contributed by atoms with Crippen molar-refractivity contribution in [2.75, 3.05) is 11.4 Å². The van der Waals surface area contributed by atoms with Gasteiger partial charge in [0.15, 0.2) is 0 Å². The minimum atomic E-state index is 0.0517. The third-order valence-electron chi connectivity index (χ3n) is 4.48. The molecule has 23 heavy (non-hydrogen) atoms. The second-order valence-corrected chi connectivity index (χ2v) is 6.35. The zero-order chi connectivity index (χ0) is 15.8. The summed E-state index contributed by atoms with van der Waals surface area (Å²) in [6, 6.07) is 16.5.